The number of rotatable bonds is 7. The van der Waals surface area contributed by atoms with Gasteiger partial charge in [0.05, 0.1) is 13.7 Å². The zero-order valence-corrected chi connectivity index (χ0v) is 17.3. The minimum Gasteiger partial charge on any atom is -0.497 e. The number of ether oxygens (including phenoxy) is 1. The molecule has 0 radical (unpaired) electrons. The summed E-state index contributed by atoms with van der Waals surface area (Å²) in [6.07, 6.45) is 6.17. The molecule has 0 saturated heterocycles. The molecule has 154 valence electrons. The third-order valence-electron chi connectivity index (χ3n) is 6.36. The summed E-state index contributed by atoms with van der Waals surface area (Å²) in [5, 5.41) is 5.55. The molecule has 5 rings (SSSR count). The van der Waals surface area contributed by atoms with E-state index in [-0.39, 0.29) is 11.8 Å². The van der Waals surface area contributed by atoms with E-state index in [1.807, 2.05) is 6.07 Å². The molecule has 0 aliphatic heterocycles. The van der Waals surface area contributed by atoms with Gasteiger partial charge in [-0.15, -0.1) is 0 Å². The van der Waals surface area contributed by atoms with Crippen molar-refractivity contribution < 1.29 is 9.53 Å². The molecular weight excluding hydrogens is 374 g/mol. The third kappa shape index (κ3) is 3.45. The largest absolute Gasteiger partial charge is 0.497 e. The molecule has 2 heterocycles. The molecule has 2 aromatic carbocycles. The topological polar surface area (TPSA) is 59.0 Å². The number of carbonyl (C=O) groups is 1. The van der Waals surface area contributed by atoms with E-state index in [1.165, 1.54) is 34.0 Å². The van der Waals surface area contributed by atoms with Crippen molar-refractivity contribution in [3.05, 3.63) is 66.0 Å². The Bertz CT molecular complexity index is 1200. The Morgan fingerprint density at radius 2 is 2.07 bits per heavy atom. The molecule has 30 heavy (non-hydrogen) atoms. The van der Waals surface area contributed by atoms with Gasteiger partial charge in [-0.2, -0.15) is 0 Å². The maximum Gasteiger partial charge on any atom is 0.223 e. The van der Waals surface area contributed by atoms with Gasteiger partial charge in [0.25, 0.3) is 0 Å². The number of para-hydroxylation sites is 1. The van der Waals surface area contributed by atoms with E-state index >= 15 is 0 Å². The zero-order valence-electron chi connectivity index (χ0n) is 17.3. The summed E-state index contributed by atoms with van der Waals surface area (Å²) in [5.41, 5.74) is 4.74. The Kier molecular flexibility index (Phi) is 4.95. The summed E-state index contributed by atoms with van der Waals surface area (Å²) in [7, 11) is 1.69. The number of aromatic amines is 1. The first-order valence-electron chi connectivity index (χ1n) is 10.7. The first kappa shape index (κ1) is 18.8. The van der Waals surface area contributed by atoms with Crippen LogP contribution < -0.4 is 10.1 Å². The number of H-pyrrole nitrogens is 1. The average molecular weight is 402 g/mol. The molecule has 1 fully saturated rings. The van der Waals surface area contributed by atoms with E-state index in [0.717, 1.165) is 37.1 Å². The normalized spacial score (nSPS) is 14.2. The number of methoxy groups -OCH3 is 1. The Hall–Kier alpha value is -3.21. The van der Waals surface area contributed by atoms with Crippen LogP contribution in [0.3, 0.4) is 0 Å². The van der Waals surface area contributed by atoms with Crippen LogP contribution in [0.4, 0.5) is 0 Å². The maximum absolute atomic E-state index is 12.3. The van der Waals surface area contributed by atoms with E-state index < -0.39 is 0 Å². The summed E-state index contributed by atoms with van der Waals surface area (Å²) in [6, 6.07) is 16.7. The summed E-state index contributed by atoms with van der Waals surface area (Å²) in [4.78, 5) is 15.9. The van der Waals surface area contributed by atoms with Crippen molar-refractivity contribution in [2.45, 2.75) is 32.2 Å². The molecule has 0 spiro atoms. The lowest BCUT2D eigenvalue weighted by Crippen LogP contribution is -2.35. The van der Waals surface area contributed by atoms with Crippen LogP contribution in [0.2, 0.25) is 0 Å². The summed E-state index contributed by atoms with van der Waals surface area (Å²) >= 11 is 0. The van der Waals surface area contributed by atoms with Gasteiger partial charge in [0.1, 0.15) is 5.75 Å². The quantitative estimate of drug-likeness (QED) is 0.474. The van der Waals surface area contributed by atoms with Gasteiger partial charge in [0.2, 0.25) is 5.91 Å². The van der Waals surface area contributed by atoms with Crippen LogP contribution in [0.5, 0.6) is 5.75 Å². The van der Waals surface area contributed by atoms with Crippen molar-refractivity contribution in [3.8, 4) is 5.75 Å². The van der Waals surface area contributed by atoms with Crippen molar-refractivity contribution in [3.63, 3.8) is 0 Å². The van der Waals surface area contributed by atoms with Crippen molar-refractivity contribution >= 4 is 27.7 Å². The highest BCUT2D eigenvalue weighted by Crippen LogP contribution is 2.29. The third-order valence-corrected chi connectivity index (χ3v) is 6.36. The molecule has 4 aromatic rings. The van der Waals surface area contributed by atoms with Crippen LogP contribution in [-0.4, -0.2) is 29.1 Å². The number of hydrogen-bond acceptors (Lipinski definition) is 2. The van der Waals surface area contributed by atoms with Gasteiger partial charge in [-0.25, -0.2) is 0 Å². The Labute approximate surface area is 176 Å². The first-order chi connectivity index (χ1) is 14.7. The number of hydrogen-bond donors (Lipinski definition) is 2. The van der Waals surface area contributed by atoms with E-state index in [9.17, 15) is 4.79 Å². The number of nitrogens with one attached hydrogen (secondary N) is 2. The van der Waals surface area contributed by atoms with Crippen molar-refractivity contribution in [2.75, 3.05) is 13.7 Å². The van der Waals surface area contributed by atoms with Crippen molar-refractivity contribution in [1.29, 1.82) is 0 Å². The molecule has 0 unspecified atom stereocenters. The SMILES string of the molecule is COc1ccc2[nH]c(Cn3ccc4ccccc43)c(CCNC(=O)C3CCC3)c2c1. The highest BCUT2D eigenvalue weighted by molar-refractivity contribution is 5.86. The molecule has 5 heteroatoms. The van der Waals surface area contributed by atoms with E-state index in [2.05, 4.69) is 63.5 Å². The number of carbonyl (C=O) groups excluding carboxylic acids is 1. The smallest absolute Gasteiger partial charge is 0.223 e. The van der Waals surface area contributed by atoms with E-state index in [0.29, 0.717) is 6.54 Å². The molecule has 1 aliphatic rings. The predicted octanol–water partition coefficient (Wildman–Crippen LogP) is 4.64. The number of fused-ring (bicyclic) bond motifs is 2. The Morgan fingerprint density at radius 1 is 1.20 bits per heavy atom. The fourth-order valence-corrected chi connectivity index (χ4v) is 4.40. The van der Waals surface area contributed by atoms with Gasteiger partial charge in [-0.1, -0.05) is 24.6 Å². The minimum absolute atomic E-state index is 0.205. The average Bonchev–Trinajstić information content (AvgIpc) is 3.28. The van der Waals surface area contributed by atoms with Gasteiger partial charge in [-0.3, -0.25) is 4.79 Å². The van der Waals surface area contributed by atoms with Gasteiger partial charge in [0, 0.05) is 40.8 Å². The van der Waals surface area contributed by atoms with Gasteiger partial charge in [-0.05, 0) is 60.5 Å². The van der Waals surface area contributed by atoms with Crippen LogP contribution in [0.1, 0.15) is 30.5 Å². The van der Waals surface area contributed by atoms with Crippen LogP contribution >= 0.6 is 0 Å². The number of benzene rings is 2. The zero-order chi connectivity index (χ0) is 20.5. The monoisotopic (exact) mass is 401 g/mol. The van der Waals surface area contributed by atoms with Crippen LogP contribution in [0.25, 0.3) is 21.8 Å². The molecule has 5 nitrogen and oxygen atoms in total. The molecule has 1 amide bonds. The first-order valence-corrected chi connectivity index (χ1v) is 10.7. The van der Waals surface area contributed by atoms with Crippen LogP contribution in [-0.2, 0) is 17.8 Å². The maximum atomic E-state index is 12.3. The fourth-order valence-electron chi connectivity index (χ4n) is 4.40. The lowest BCUT2D eigenvalue weighted by Gasteiger charge is -2.24. The Balaban J connectivity index is 1.45. The summed E-state index contributed by atoms with van der Waals surface area (Å²) in [5.74, 6) is 1.27. The standard InChI is InChI=1S/C25H27N3O2/c1-30-19-9-10-22-21(15-19)20(11-13-26-25(29)18-6-4-7-18)23(27-22)16-28-14-12-17-5-2-3-8-24(17)28/h2-3,5,8-10,12,14-15,18,27H,4,6-7,11,13,16H2,1H3,(H,26,29). The van der Waals surface area contributed by atoms with Gasteiger partial charge >= 0.3 is 0 Å². The molecule has 0 atom stereocenters. The predicted molar refractivity (Wildman–Crippen MR) is 120 cm³/mol. The molecular formula is C25H27N3O2. The number of amides is 1. The number of nitrogens with zero attached hydrogens (tertiary/aromatic N) is 1. The van der Waals surface area contributed by atoms with Crippen LogP contribution in [0.15, 0.2) is 54.7 Å². The molecule has 2 N–H and O–H groups in total. The lowest BCUT2D eigenvalue weighted by molar-refractivity contribution is -0.127. The van der Waals surface area contributed by atoms with Crippen LogP contribution in [0, 0.1) is 5.92 Å². The van der Waals surface area contributed by atoms with E-state index in [4.69, 9.17) is 4.74 Å². The minimum atomic E-state index is 0.205. The van der Waals surface area contributed by atoms with Crippen molar-refractivity contribution in [1.82, 2.24) is 14.9 Å². The molecule has 0 bridgehead atoms. The van der Waals surface area contributed by atoms with Crippen molar-refractivity contribution in [2.24, 2.45) is 5.92 Å². The highest BCUT2D eigenvalue weighted by Gasteiger charge is 2.24. The highest BCUT2D eigenvalue weighted by atomic mass is 16.5. The molecule has 1 saturated carbocycles. The van der Waals surface area contributed by atoms with Gasteiger partial charge in [0.15, 0.2) is 0 Å². The lowest BCUT2D eigenvalue weighted by atomic mass is 9.85. The second kappa shape index (κ2) is 7.90. The molecule has 2 aromatic heterocycles. The van der Waals surface area contributed by atoms with Gasteiger partial charge < -0.3 is 19.6 Å². The second-order valence-corrected chi connectivity index (χ2v) is 8.16. The summed E-state index contributed by atoms with van der Waals surface area (Å²) < 4.78 is 7.73. The second-order valence-electron chi connectivity index (χ2n) is 8.16. The Morgan fingerprint density at radius 3 is 2.87 bits per heavy atom. The number of aromatic nitrogens is 2. The van der Waals surface area contributed by atoms with E-state index in [1.54, 1.807) is 7.11 Å². The fraction of sp³-hybridized carbons (Fsp3) is 0.320. The molecule has 1 aliphatic carbocycles. The summed E-state index contributed by atoms with van der Waals surface area (Å²) in [6.45, 7) is 1.41.